The summed E-state index contributed by atoms with van der Waals surface area (Å²) in [5, 5.41) is 0. The predicted octanol–water partition coefficient (Wildman–Crippen LogP) is 1.99. The number of hydrogen-bond donors (Lipinski definition) is 0. The first kappa shape index (κ1) is 18.1. The van der Waals surface area contributed by atoms with Gasteiger partial charge < -0.3 is 4.74 Å². The monoisotopic (exact) mass is 378 g/mol. The van der Waals surface area contributed by atoms with Crippen LogP contribution >= 0.6 is 0 Å². The molecule has 7 nitrogen and oxygen atoms in total. The molecule has 2 aromatic carbocycles. The predicted molar refractivity (Wildman–Crippen MR) is 99.1 cm³/mol. The van der Waals surface area contributed by atoms with Crippen LogP contribution in [0.1, 0.15) is 47.9 Å². The Morgan fingerprint density at radius 3 is 1.39 bits per heavy atom. The molecule has 2 heterocycles. The quantitative estimate of drug-likeness (QED) is 0.543. The van der Waals surface area contributed by atoms with E-state index in [0.29, 0.717) is 35.3 Å². The van der Waals surface area contributed by atoms with E-state index >= 15 is 0 Å². The van der Waals surface area contributed by atoms with E-state index in [1.807, 2.05) is 0 Å². The molecule has 7 heteroatoms. The number of rotatable bonds is 7. The summed E-state index contributed by atoms with van der Waals surface area (Å²) in [5.41, 5.74) is 1.69. The molecule has 2 aliphatic rings. The third-order valence-corrected chi connectivity index (χ3v) is 4.89. The third kappa shape index (κ3) is 2.99. The fourth-order valence-electron chi connectivity index (χ4n) is 3.47. The van der Waals surface area contributed by atoms with Crippen LogP contribution in [0.3, 0.4) is 0 Å². The molecule has 0 saturated heterocycles. The lowest BCUT2D eigenvalue weighted by molar-refractivity contribution is 0.0526. The highest BCUT2D eigenvalue weighted by Gasteiger charge is 2.35. The molecule has 0 N–H and O–H groups in total. The van der Waals surface area contributed by atoms with Gasteiger partial charge in [-0.05, 0) is 30.7 Å². The largest absolute Gasteiger partial charge is 0.380 e. The maximum Gasteiger partial charge on any atom is 0.261 e. The highest BCUT2D eigenvalue weighted by molar-refractivity contribution is 6.22. The Balaban J connectivity index is 1.22. The zero-order valence-electron chi connectivity index (χ0n) is 15.1. The van der Waals surface area contributed by atoms with Gasteiger partial charge in [0, 0.05) is 13.2 Å². The zero-order chi connectivity index (χ0) is 19.7. The number of imide groups is 2. The lowest BCUT2D eigenvalue weighted by Crippen LogP contribution is -2.33. The van der Waals surface area contributed by atoms with Crippen LogP contribution in [-0.4, -0.2) is 59.7 Å². The van der Waals surface area contributed by atoms with Gasteiger partial charge in [0.1, 0.15) is 0 Å². The highest BCUT2D eigenvalue weighted by Crippen LogP contribution is 2.23. The van der Waals surface area contributed by atoms with Crippen LogP contribution in [0.5, 0.6) is 0 Å². The molecule has 0 bridgehead atoms. The Hall–Kier alpha value is -3.32. The average Bonchev–Trinajstić information content (AvgIpc) is 3.11. The Kier molecular flexibility index (Phi) is 4.75. The number of benzene rings is 2. The van der Waals surface area contributed by atoms with Gasteiger partial charge in [0.05, 0.1) is 35.4 Å². The van der Waals surface area contributed by atoms with Crippen molar-refractivity contribution in [2.75, 3.05) is 26.3 Å². The Bertz CT molecular complexity index is 835. The van der Waals surface area contributed by atoms with Gasteiger partial charge in [-0.1, -0.05) is 24.3 Å². The number of ether oxygens (including phenoxy) is 1. The topological polar surface area (TPSA) is 84.0 Å². The van der Waals surface area contributed by atoms with Crippen LogP contribution in [0.25, 0.3) is 0 Å². The second-order valence-corrected chi connectivity index (χ2v) is 6.58. The molecular formula is C21H18N2O5. The Morgan fingerprint density at radius 2 is 0.964 bits per heavy atom. The number of nitrogens with zero attached hydrogens (tertiary/aromatic N) is 2. The van der Waals surface area contributed by atoms with Crippen molar-refractivity contribution in [2.24, 2.45) is 0 Å². The molecule has 0 unspecified atom stereocenters. The molecule has 0 saturated carbocycles. The second kappa shape index (κ2) is 7.36. The summed E-state index contributed by atoms with van der Waals surface area (Å²) in [6.45, 7) is 0.947. The van der Waals surface area contributed by atoms with Crippen molar-refractivity contribution in [1.29, 1.82) is 0 Å². The van der Waals surface area contributed by atoms with Crippen molar-refractivity contribution < 1.29 is 23.9 Å². The SMILES string of the molecule is O=C1c2ccccc2C(=O)N1CCCOCCN1C(=O)c2ccccc2C1=O. The van der Waals surface area contributed by atoms with Crippen molar-refractivity contribution >= 4 is 23.6 Å². The van der Waals surface area contributed by atoms with Crippen LogP contribution in [0.15, 0.2) is 48.5 Å². The highest BCUT2D eigenvalue weighted by atomic mass is 16.5. The molecule has 0 spiro atoms. The van der Waals surface area contributed by atoms with Crippen molar-refractivity contribution in [3.63, 3.8) is 0 Å². The first-order chi connectivity index (χ1) is 13.6. The van der Waals surface area contributed by atoms with E-state index in [-0.39, 0.29) is 43.3 Å². The molecule has 142 valence electrons. The Morgan fingerprint density at radius 1 is 0.571 bits per heavy atom. The minimum absolute atomic E-state index is 0.166. The number of hydrogen-bond acceptors (Lipinski definition) is 5. The maximum absolute atomic E-state index is 12.3. The molecule has 0 aromatic heterocycles. The molecule has 4 rings (SSSR count). The molecule has 2 aliphatic heterocycles. The summed E-state index contributed by atoms with van der Waals surface area (Å²) < 4.78 is 5.50. The number of carbonyl (C=O) groups excluding carboxylic acids is 4. The minimum Gasteiger partial charge on any atom is -0.380 e. The lowest BCUT2D eigenvalue weighted by atomic mass is 10.1. The Labute approximate surface area is 161 Å². The molecule has 0 aliphatic carbocycles. The fraction of sp³-hybridized carbons (Fsp3) is 0.238. The van der Waals surface area contributed by atoms with Gasteiger partial charge >= 0.3 is 0 Å². The third-order valence-electron chi connectivity index (χ3n) is 4.89. The number of amides is 4. The molecule has 0 fully saturated rings. The first-order valence-electron chi connectivity index (χ1n) is 9.08. The maximum atomic E-state index is 12.3. The van der Waals surface area contributed by atoms with Gasteiger partial charge in [-0.3, -0.25) is 29.0 Å². The summed E-state index contributed by atoms with van der Waals surface area (Å²) in [5.74, 6) is -1.19. The van der Waals surface area contributed by atoms with Gasteiger partial charge in [0.25, 0.3) is 23.6 Å². The zero-order valence-corrected chi connectivity index (χ0v) is 15.1. The molecule has 4 amide bonds. The van der Waals surface area contributed by atoms with Gasteiger partial charge in [0.15, 0.2) is 0 Å². The van der Waals surface area contributed by atoms with Crippen molar-refractivity contribution in [1.82, 2.24) is 9.80 Å². The van der Waals surface area contributed by atoms with E-state index in [1.54, 1.807) is 48.5 Å². The standard InChI is InChI=1S/C21H18N2O5/c24-18-14-6-1-2-7-15(14)19(25)22(18)10-5-12-28-13-11-23-20(26)16-8-3-4-9-17(16)21(23)27/h1-4,6-9H,5,10-13H2. The van der Waals surface area contributed by atoms with E-state index < -0.39 is 0 Å². The average molecular weight is 378 g/mol. The number of fused-ring (bicyclic) bond motifs is 2. The summed E-state index contributed by atoms with van der Waals surface area (Å²) in [7, 11) is 0. The van der Waals surface area contributed by atoms with Gasteiger partial charge in [-0.15, -0.1) is 0 Å². The lowest BCUT2D eigenvalue weighted by Gasteiger charge is -2.15. The second-order valence-electron chi connectivity index (χ2n) is 6.58. The van der Waals surface area contributed by atoms with Crippen LogP contribution < -0.4 is 0 Å². The van der Waals surface area contributed by atoms with Crippen LogP contribution in [0, 0.1) is 0 Å². The van der Waals surface area contributed by atoms with E-state index in [1.165, 1.54) is 9.80 Å². The molecule has 28 heavy (non-hydrogen) atoms. The molecule has 0 atom stereocenters. The van der Waals surface area contributed by atoms with E-state index in [9.17, 15) is 19.2 Å². The van der Waals surface area contributed by atoms with Gasteiger partial charge in [0.2, 0.25) is 0 Å². The normalized spacial score (nSPS) is 15.4. The van der Waals surface area contributed by atoms with E-state index in [4.69, 9.17) is 4.74 Å². The van der Waals surface area contributed by atoms with Gasteiger partial charge in [-0.2, -0.15) is 0 Å². The summed E-state index contributed by atoms with van der Waals surface area (Å²) in [4.78, 5) is 51.4. The van der Waals surface area contributed by atoms with E-state index in [0.717, 1.165) is 0 Å². The fourth-order valence-corrected chi connectivity index (χ4v) is 3.47. The van der Waals surface area contributed by atoms with Crippen molar-refractivity contribution in [2.45, 2.75) is 6.42 Å². The van der Waals surface area contributed by atoms with Crippen LogP contribution in [-0.2, 0) is 4.74 Å². The number of carbonyl (C=O) groups is 4. The smallest absolute Gasteiger partial charge is 0.261 e. The molecular weight excluding hydrogens is 360 g/mol. The summed E-state index contributed by atoms with van der Waals surface area (Å²) in [6.07, 6.45) is 0.480. The first-order valence-corrected chi connectivity index (χ1v) is 9.08. The van der Waals surface area contributed by atoms with Crippen molar-refractivity contribution in [3.8, 4) is 0 Å². The van der Waals surface area contributed by atoms with Gasteiger partial charge in [-0.25, -0.2) is 0 Å². The summed E-state index contributed by atoms with van der Waals surface area (Å²) >= 11 is 0. The van der Waals surface area contributed by atoms with Crippen LogP contribution in [0.4, 0.5) is 0 Å². The minimum atomic E-state index is -0.310. The molecule has 0 radical (unpaired) electrons. The molecule has 2 aromatic rings. The van der Waals surface area contributed by atoms with Crippen LogP contribution in [0.2, 0.25) is 0 Å². The summed E-state index contributed by atoms with van der Waals surface area (Å²) in [6, 6.07) is 13.5. The van der Waals surface area contributed by atoms with E-state index in [2.05, 4.69) is 0 Å². The van der Waals surface area contributed by atoms with Crippen molar-refractivity contribution in [3.05, 3.63) is 70.8 Å².